The summed E-state index contributed by atoms with van der Waals surface area (Å²) in [5.41, 5.74) is 7.22. The van der Waals surface area contributed by atoms with Gasteiger partial charge in [-0.05, 0) is 24.8 Å². The summed E-state index contributed by atoms with van der Waals surface area (Å²) in [4.78, 5) is 16.8. The number of amides is 1. The van der Waals surface area contributed by atoms with Crippen LogP contribution >= 0.6 is 11.3 Å². The number of hydrogen-bond donors (Lipinski definition) is 2. The summed E-state index contributed by atoms with van der Waals surface area (Å²) in [5.74, 6) is 0.363. The summed E-state index contributed by atoms with van der Waals surface area (Å²) in [6.45, 7) is 0.481. The van der Waals surface area contributed by atoms with E-state index in [0.29, 0.717) is 18.2 Å². The minimum absolute atomic E-state index is 0.0480. The van der Waals surface area contributed by atoms with E-state index < -0.39 is 0 Å². The van der Waals surface area contributed by atoms with Gasteiger partial charge in [0.25, 0.3) is 5.91 Å². The van der Waals surface area contributed by atoms with E-state index in [1.54, 1.807) is 17.9 Å². The van der Waals surface area contributed by atoms with Gasteiger partial charge in [0.1, 0.15) is 17.0 Å². The molecule has 0 spiro atoms. The van der Waals surface area contributed by atoms with E-state index in [2.05, 4.69) is 10.3 Å². The van der Waals surface area contributed by atoms with E-state index in [0.717, 1.165) is 23.4 Å². The van der Waals surface area contributed by atoms with Gasteiger partial charge in [0, 0.05) is 23.5 Å². The largest absolute Gasteiger partial charge is 0.472 e. The molecule has 6 heteroatoms. The van der Waals surface area contributed by atoms with Crippen LogP contribution in [0.15, 0.2) is 28.4 Å². The molecular weight excluding hydrogens is 298 g/mol. The second-order valence-corrected chi connectivity index (χ2v) is 6.62. The highest BCUT2D eigenvalue weighted by atomic mass is 32.1. The molecular formula is C16H21N3O2S. The molecule has 1 atom stereocenters. The molecule has 118 valence electrons. The monoisotopic (exact) mass is 319 g/mol. The third kappa shape index (κ3) is 3.39. The van der Waals surface area contributed by atoms with Crippen molar-refractivity contribution in [2.75, 3.05) is 6.54 Å². The van der Waals surface area contributed by atoms with Crippen LogP contribution in [0, 0.1) is 5.92 Å². The van der Waals surface area contributed by atoms with Crippen LogP contribution in [0.3, 0.4) is 0 Å². The summed E-state index contributed by atoms with van der Waals surface area (Å²) in [7, 11) is 0. The van der Waals surface area contributed by atoms with Gasteiger partial charge in [-0.1, -0.05) is 19.3 Å². The van der Waals surface area contributed by atoms with Crippen LogP contribution in [-0.4, -0.2) is 23.5 Å². The Balaban J connectivity index is 1.65. The first-order valence-electron chi connectivity index (χ1n) is 7.77. The van der Waals surface area contributed by atoms with Crippen molar-refractivity contribution in [3.63, 3.8) is 0 Å². The fourth-order valence-corrected chi connectivity index (χ4v) is 3.83. The van der Waals surface area contributed by atoms with Crippen LogP contribution in [0.5, 0.6) is 0 Å². The number of aromatic nitrogens is 1. The van der Waals surface area contributed by atoms with E-state index in [9.17, 15) is 4.79 Å². The zero-order valence-electron chi connectivity index (χ0n) is 12.5. The highest BCUT2D eigenvalue weighted by Crippen LogP contribution is 2.27. The molecule has 1 unspecified atom stereocenters. The molecule has 3 rings (SSSR count). The van der Waals surface area contributed by atoms with Gasteiger partial charge in [0.15, 0.2) is 0 Å². The Morgan fingerprint density at radius 3 is 2.95 bits per heavy atom. The number of furan rings is 1. The Labute approximate surface area is 133 Å². The van der Waals surface area contributed by atoms with Crippen molar-refractivity contribution in [1.82, 2.24) is 10.3 Å². The Bertz CT molecular complexity index is 603. The number of rotatable bonds is 5. The summed E-state index contributed by atoms with van der Waals surface area (Å²) < 4.78 is 5.05. The molecule has 1 saturated carbocycles. The second kappa shape index (κ2) is 7.07. The third-order valence-electron chi connectivity index (χ3n) is 4.29. The molecule has 2 aromatic rings. The molecule has 0 aliphatic heterocycles. The van der Waals surface area contributed by atoms with Gasteiger partial charge >= 0.3 is 0 Å². The van der Waals surface area contributed by atoms with Gasteiger partial charge in [-0.2, -0.15) is 0 Å². The molecule has 3 N–H and O–H groups in total. The van der Waals surface area contributed by atoms with E-state index in [1.807, 2.05) is 6.07 Å². The first-order chi connectivity index (χ1) is 10.8. The summed E-state index contributed by atoms with van der Waals surface area (Å²) in [6, 6.07) is 1.89. The molecule has 1 fully saturated rings. The molecule has 1 amide bonds. The van der Waals surface area contributed by atoms with Gasteiger partial charge in [0.05, 0.1) is 6.26 Å². The average molecular weight is 319 g/mol. The Kier molecular flexibility index (Phi) is 4.90. The lowest BCUT2D eigenvalue weighted by atomic mass is 9.84. The number of hydrogen-bond acceptors (Lipinski definition) is 5. The summed E-state index contributed by atoms with van der Waals surface area (Å²) in [5, 5.41) is 5.64. The van der Waals surface area contributed by atoms with Gasteiger partial charge in [-0.25, -0.2) is 4.98 Å². The zero-order valence-corrected chi connectivity index (χ0v) is 13.3. The minimum Gasteiger partial charge on any atom is -0.472 e. The second-order valence-electron chi connectivity index (χ2n) is 5.76. The first kappa shape index (κ1) is 15.2. The predicted molar refractivity (Wildman–Crippen MR) is 86.7 cm³/mol. The number of nitrogens with zero attached hydrogens (tertiary/aromatic N) is 1. The minimum atomic E-state index is -0.132. The van der Waals surface area contributed by atoms with E-state index in [4.69, 9.17) is 10.2 Å². The lowest BCUT2D eigenvalue weighted by Gasteiger charge is -2.29. The zero-order chi connectivity index (χ0) is 15.4. The molecule has 22 heavy (non-hydrogen) atoms. The Hall–Kier alpha value is -1.66. The van der Waals surface area contributed by atoms with E-state index in [1.165, 1.54) is 30.6 Å². The fraction of sp³-hybridized carbons (Fsp3) is 0.500. The third-order valence-corrected chi connectivity index (χ3v) is 5.19. The van der Waals surface area contributed by atoms with Crippen LogP contribution in [-0.2, 0) is 0 Å². The number of carbonyl (C=O) groups excluding carboxylic acids is 1. The molecule has 0 bridgehead atoms. The molecule has 5 nitrogen and oxygen atoms in total. The van der Waals surface area contributed by atoms with Gasteiger partial charge in [-0.15, -0.1) is 11.3 Å². The van der Waals surface area contributed by atoms with Crippen LogP contribution in [0.4, 0.5) is 0 Å². The Morgan fingerprint density at radius 1 is 1.45 bits per heavy atom. The van der Waals surface area contributed by atoms with Crippen molar-refractivity contribution in [3.8, 4) is 10.6 Å². The van der Waals surface area contributed by atoms with Gasteiger partial charge in [0.2, 0.25) is 0 Å². The Morgan fingerprint density at radius 2 is 2.27 bits per heavy atom. The fourth-order valence-electron chi connectivity index (χ4n) is 3.04. The maximum Gasteiger partial charge on any atom is 0.271 e. The normalized spacial score (nSPS) is 17.3. The molecule has 2 heterocycles. The van der Waals surface area contributed by atoms with Crippen molar-refractivity contribution in [2.45, 2.75) is 38.1 Å². The highest BCUT2D eigenvalue weighted by molar-refractivity contribution is 7.13. The standard InChI is InChI=1S/C16H21N3O2S/c17-8-13(11-4-2-1-3-5-11)18-15(20)14-10-22-16(19-14)12-6-7-21-9-12/h6-7,9-11,13H,1-5,8,17H2,(H,18,20). The maximum atomic E-state index is 12.4. The summed E-state index contributed by atoms with van der Waals surface area (Å²) in [6.07, 6.45) is 9.30. The number of nitrogens with one attached hydrogen (secondary N) is 1. The van der Waals surface area contributed by atoms with Crippen LogP contribution in [0.1, 0.15) is 42.6 Å². The number of carbonyl (C=O) groups is 1. The van der Waals surface area contributed by atoms with Crippen LogP contribution in [0.25, 0.3) is 10.6 Å². The number of thiazole rings is 1. The van der Waals surface area contributed by atoms with E-state index in [-0.39, 0.29) is 11.9 Å². The van der Waals surface area contributed by atoms with Crippen LogP contribution in [0.2, 0.25) is 0 Å². The van der Waals surface area contributed by atoms with E-state index >= 15 is 0 Å². The smallest absolute Gasteiger partial charge is 0.271 e. The average Bonchev–Trinajstić information content (AvgIpc) is 3.23. The van der Waals surface area contributed by atoms with Gasteiger partial charge in [-0.3, -0.25) is 4.79 Å². The summed E-state index contributed by atoms with van der Waals surface area (Å²) >= 11 is 1.44. The lowest BCUT2D eigenvalue weighted by Crippen LogP contribution is -2.46. The molecule has 1 aliphatic rings. The highest BCUT2D eigenvalue weighted by Gasteiger charge is 2.25. The van der Waals surface area contributed by atoms with Crippen molar-refractivity contribution in [2.24, 2.45) is 11.7 Å². The molecule has 2 aromatic heterocycles. The van der Waals surface area contributed by atoms with Crippen molar-refractivity contribution < 1.29 is 9.21 Å². The lowest BCUT2D eigenvalue weighted by molar-refractivity contribution is 0.0911. The first-order valence-corrected chi connectivity index (χ1v) is 8.65. The molecule has 1 aliphatic carbocycles. The number of nitrogens with two attached hydrogens (primary N) is 1. The van der Waals surface area contributed by atoms with Crippen molar-refractivity contribution in [3.05, 3.63) is 29.7 Å². The van der Waals surface area contributed by atoms with Crippen molar-refractivity contribution >= 4 is 17.2 Å². The molecule has 0 aromatic carbocycles. The topological polar surface area (TPSA) is 81.1 Å². The van der Waals surface area contributed by atoms with Crippen LogP contribution < -0.4 is 11.1 Å². The SMILES string of the molecule is NCC(NC(=O)c1csc(-c2ccoc2)n1)C1CCCCC1. The predicted octanol–water partition coefficient (Wildman–Crippen LogP) is 3.04. The quantitative estimate of drug-likeness (QED) is 0.887. The molecule has 0 saturated heterocycles. The maximum absolute atomic E-state index is 12.4. The van der Waals surface area contributed by atoms with Gasteiger partial charge < -0.3 is 15.5 Å². The van der Waals surface area contributed by atoms with Crippen molar-refractivity contribution in [1.29, 1.82) is 0 Å². The molecule has 0 radical (unpaired) electrons.